The lowest BCUT2D eigenvalue weighted by Crippen LogP contribution is -2.28. The fraction of sp³-hybridized carbons (Fsp3) is 0.556. The van der Waals surface area contributed by atoms with Gasteiger partial charge in [-0.3, -0.25) is 4.79 Å². The number of anilines is 1. The van der Waals surface area contributed by atoms with Crippen molar-refractivity contribution in [2.24, 2.45) is 0 Å². The molecule has 10 heteroatoms. The van der Waals surface area contributed by atoms with Gasteiger partial charge in [0.2, 0.25) is 5.92 Å². The molecule has 148 valence electrons. The van der Waals surface area contributed by atoms with Gasteiger partial charge in [0, 0.05) is 30.1 Å². The summed E-state index contributed by atoms with van der Waals surface area (Å²) in [5, 5.41) is 7.20. The van der Waals surface area contributed by atoms with Gasteiger partial charge in [0.1, 0.15) is 11.2 Å². The van der Waals surface area contributed by atoms with Gasteiger partial charge < -0.3 is 10.7 Å². The molecule has 2 saturated carbocycles. The molecule has 7 nitrogen and oxygen atoms in total. The van der Waals surface area contributed by atoms with E-state index in [9.17, 15) is 13.6 Å². The molecule has 0 aliphatic heterocycles. The van der Waals surface area contributed by atoms with Crippen LogP contribution < -0.4 is 11.3 Å². The first-order valence-electron chi connectivity index (χ1n) is 9.47. The monoisotopic (exact) mass is 406 g/mol. The topological polar surface area (TPSA) is 102 Å². The summed E-state index contributed by atoms with van der Waals surface area (Å²) in [7, 11) is 0. The van der Waals surface area contributed by atoms with Crippen molar-refractivity contribution in [2.75, 3.05) is 5.73 Å². The minimum absolute atomic E-state index is 0.0673. The summed E-state index contributed by atoms with van der Waals surface area (Å²) >= 11 is 1.41. The van der Waals surface area contributed by atoms with Gasteiger partial charge in [-0.05, 0) is 25.7 Å². The Morgan fingerprint density at radius 2 is 1.93 bits per heavy atom. The van der Waals surface area contributed by atoms with Crippen LogP contribution in [0, 0.1) is 0 Å². The minimum atomic E-state index is -2.61. The van der Waals surface area contributed by atoms with Crippen molar-refractivity contribution < 1.29 is 8.78 Å². The van der Waals surface area contributed by atoms with Crippen LogP contribution in [0.25, 0.3) is 11.0 Å². The number of nitrogens with zero attached hydrogens (tertiary/aromatic N) is 4. The fourth-order valence-corrected chi connectivity index (χ4v) is 4.94. The number of hydrogen-bond acceptors (Lipinski definition) is 6. The zero-order valence-electron chi connectivity index (χ0n) is 15.1. The van der Waals surface area contributed by atoms with Crippen LogP contribution in [0.5, 0.6) is 0 Å². The van der Waals surface area contributed by atoms with E-state index in [0.717, 1.165) is 18.5 Å². The average Bonchev–Trinajstić information content (AvgIpc) is 3.21. The molecule has 0 bridgehead atoms. The van der Waals surface area contributed by atoms with Crippen molar-refractivity contribution in [3.8, 4) is 0 Å². The molecule has 0 unspecified atom stereocenters. The highest BCUT2D eigenvalue weighted by Crippen LogP contribution is 2.48. The van der Waals surface area contributed by atoms with E-state index in [1.165, 1.54) is 17.5 Å². The fourth-order valence-electron chi connectivity index (χ4n) is 4.32. The molecule has 0 amide bonds. The quantitative estimate of drug-likeness (QED) is 0.692. The van der Waals surface area contributed by atoms with Gasteiger partial charge in [-0.25, -0.2) is 23.4 Å². The largest absolute Gasteiger partial charge is 0.375 e. The van der Waals surface area contributed by atoms with Gasteiger partial charge >= 0.3 is 0 Å². The van der Waals surface area contributed by atoms with Gasteiger partial charge in [0.05, 0.1) is 17.9 Å². The highest BCUT2D eigenvalue weighted by molar-refractivity contribution is 7.13. The molecule has 2 aliphatic carbocycles. The molecule has 0 spiro atoms. The highest BCUT2D eigenvalue weighted by Gasteiger charge is 2.38. The second-order valence-corrected chi connectivity index (χ2v) is 8.66. The van der Waals surface area contributed by atoms with Crippen LogP contribution >= 0.6 is 11.3 Å². The van der Waals surface area contributed by atoms with Gasteiger partial charge in [-0.15, -0.1) is 11.3 Å². The van der Waals surface area contributed by atoms with E-state index in [1.54, 1.807) is 4.68 Å². The molecular weight excluding hydrogens is 386 g/mol. The molecule has 3 aromatic heterocycles. The molecule has 3 N–H and O–H groups in total. The van der Waals surface area contributed by atoms with Crippen LogP contribution in [0.3, 0.4) is 0 Å². The highest BCUT2D eigenvalue weighted by atomic mass is 32.1. The molecule has 2 aliphatic rings. The van der Waals surface area contributed by atoms with E-state index in [1.807, 2.05) is 5.38 Å². The third kappa shape index (κ3) is 2.90. The lowest BCUT2D eigenvalue weighted by Gasteiger charge is -2.34. The maximum atomic E-state index is 13.5. The molecule has 0 saturated heterocycles. The lowest BCUT2D eigenvalue weighted by molar-refractivity contribution is -0.0446. The predicted octanol–water partition coefficient (Wildman–Crippen LogP) is 3.57. The summed E-state index contributed by atoms with van der Waals surface area (Å²) in [5.41, 5.74) is 6.93. The Labute approximate surface area is 163 Å². The van der Waals surface area contributed by atoms with Crippen LogP contribution in [0.15, 0.2) is 16.4 Å². The zero-order chi connectivity index (χ0) is 19.5. The first kappa shape index (κ1) is 17.7. The van der Waals surface area contributed by atoms with Gasteiger partial charge in [-0.1, -0.05) is 0 Å². The van der Waals surface area contributed by atoms with E-state index >= 15 is 0 Å². The maximum absolute atomic E-state index is 13.5. The normalized spacial score (nSPS) is 25.1. The standard InChI is InChI=1S/C18H20F2N6OS/c19-18(20)5-3-9(4-6-18)26-15-12(7-22-26)16(27)25-14(24-15)11-2-1-10(11)13-8-28-17(21)23-13/h7-11H,1-6H2,(H2,21,23)(H,24,25,27)/t10-,11-/m1/s1. The number of nitrogen functional groups attached to an aromatic ring is 1. The second-order valence-electron chi connectivity index (χ2n) is 7.77. The zero-order valence-corrected chi connectivity index (χ0v) is 15.9. The van der Waals surface area contributed by atoms with Crippen LogP contribution in [-0.4, -0.2) is 30.7 Å². The number of alkyl halides is 2. The van der Waals surface area contributed by atoms with E-state index in [4.69, 9.17) is 10.7 Å². The molecule has 5 rings (SSSR count). The molecule has 28 heavy (non-hydrogen) atoms. The molecule has 2 fully saturated rings. The van der Waals surface area contributed by atoms with Crippen molar-refractivity contribution in [1.29, 1.82) is 0 Å². The minimum Gasteiger partial charge on any atom is -0.375 e. The Balaban J connectivity index is 1.49. The van der Waals surface area contributed by atoms with E-state index in [0.29, 0.717) is 34.8 Å². The number of aromatic nitrogens is 5. The third-order valence-electron chi connectivity index (χ3n) is 6.06. The van der Waals surface area contributed by atoms with Gasteiger partial charge in [-0.2, -0.15) is 5.10 Å². The number of hydrogen-bond donors (Lipinski definition) is 2. The van der Waals surface area contributed by atoms with Gasteiger partial charge in [0.15, 0.2) is 10.8 Å². The van der Waals surface area contributed by atoms with Crippen LogP contribution in [0.2, 0.25) is 0 Å². The van der Waals surface area contributed by atoms with Crippen molar-refractivity contribution >= 4 is 27.5 Å². The van der Waals surface area contributed by atoms with Crippen LogP contribution in [0.4, 0.5) is 13.9 Å². The molecule has 0 aromatic carbocycles. The summed E-state index contributed by atoms with van der Waals surface area (Å²) in [4.78, 5) is 24.6. The second kappa shape index (κ2) is 6.33. The van der Waals surface area contributed by atoms with E-state index in [-0.39, 0.29) is 36.3 Å². The smallest absolute Gasteiger partial charge is 0.262 e. The van der Waals surface area contributed by atoms with Crippen molar-refractivity contribution in [1.82, 2.24) is 24.7 Å². The van der Waals surface area contributed by atoms with E-state index in [2.05, 4.69) is 15.1 Å². The number of halogens is 2. The Kier molecular flexibility index (Phi) is 4.01. The Morgan fingerprint density at radius 1 is 1.18 bits per heavy atom. The van der Waals surface area contributed by atoms with Crippen molar-refractivity contribution in [3.63, 3.8) is 0 Å². The Hall–Kier alpha value is -2.36. The van der Waals surface area contributed by atoms with E-state index < -0.39 is 5.92 Å². The number of thiazole rings is 1. The molecule has 0 radical (unpaired) electrons. The maximum Gasteiger partial charge on any atom is 0.262 e. The molecule has 3 aromatic rings. The number of fused-ring (bicyclic) bond motifs is 1. The summed E-state index contributed by atoms with van der Waals surface area (Å²) in [6.45, 7) is 0. The van der Waals surface area contributed by atoms with Crippen molar-refractivity contribution in [3.05, 3.63) is 33.4 Å². The van der Waals surface area contributed by atoms with Gasteiger partial charge in [0.25, 0.3) is 5.56 Å². The van der Waals surface area contributed by atoms with Crippen LogP contribution in [-0.2, 0) is 0 Å². The summed E-state index contributed by atoms with van der Waals surface area (Å²) in [6.07, 6.45) is 3.69. The number of rotatable bonds is 3. The SMILES string of the molecule is Nc1nc([C@@H]2CC[C@H]2c2nc3c(cnn3C3CCC(F)(F)CC3)c(=O)[nH]2)cs1. The van der Waals surface area contributed by atoms with Crippen LogP contribution in [0.1, 0.15) is 67.9 Å². The first-order chi connectivity index (χ1) is 13.4. The summed E-state index contributed by atoms with van der Waals surface area (Å²) in [5.74, 6) is -1.75. The summed E-state index contributed by atoms with van der Waals surface area (Å²) < 4.78 is 28.7. The Morgan fingerprint density at radius 3 is 2.57 bits per heavy atom. The number of aromatic amines is 1. The average molecular weight is 406 g/mol. The number of nitrogens with two attached hydrogens (primary N) is 1. The number of nitrogens with one attached hydrogen (secondary N) is 1. The molecule has 3 heterocycles. The Bertz CT molecular complexity index is 1080. The predicted molar refractivity (Wildman–Crippen MR) is 102 cm³/mol. The molecular formula is C18H20F2N6OS. The summed E-state index contributed by atoms with van der Waals surface area (Å²) in [6, 6.07) is -0.158. The van der Waals surface area contributed by atoms with Crippen molar-refractivity contribution in [2.45, 2.75) is 62.3 Å². The third-order valence-corrected chi connectivity index (χ3v) is 6.75. The molecule has 2 atom stereocenters. The first-order valence-corrected chi connectivity index (χ1v) is 10.4. The number of H-pyrrole nitrogens is 1. The lowest BCUT2D eigenvalue weighted by atomic mass is 9.71.